The SMILES string of the molecule is C=C/C=C(\C=C/C)n1c(-c2ccccc2)nc(=C/C)/c1=C\C=C. The molecule has 0 spiro atoms. The number of nitrogens with zero attached hydrogens (tertiary/aromatic N) is 2. The first kappa shape index (κ1) is 16.5. The maximum absolute atomic E-state index is 4.82. The van der Waals surface area contributed by atoms with Gasteiger partial charge in [0.05, 0.1) is 10.7 Å². The van der Waals surface area contributed by atoms with E-state index in [-0.39, 0.29) is 0 Å². The van der Waals surface area contributed by atoms with Crippen LogP contribution in [-0.2, 0) is 0 Å². The molecule has 1 heterocycles. The van der Waals surface area contributed by atoms with E-state index in [2.05, 4.69) is 35.9 Å². The van der Waals surface area contributed by atoms with E-state index in [1.807, 2.05) is 56.4 Å². The molecule has 0 saturated carbocycles. The summed E-state index contributed by atoms with van der Waals surface area (Å²) in [4.78, 5) is 4.82. The lowest BCUT2D eigenvalue weighted by Crippen LogP contribution is -2.29. The highest BCUT2D eigenvalue weighted by atomic mass is 15.1. The molecule has 0 aliphatic heterocycles. The highest BCUT2D eigenvalue weighted by molar-refractivity contribution is 5.68. The molecule has 2 heteroatoms. The fourth-order valence-electron chi connectivity index (χ4n) is 2.47. The third-order valence-electron chi connectivity index (χ3n) is 3.41. The smallest absolute Gasteiger partial charge is 0.145 e. The zero-order valence-electron chi connectivity index (χ0n) is 13.7. The maximum Gasteiger partial charge on any atom is 0.145 e. The van der Waals surface area contributed by atoms with Crippen LogP contribution < -0.4 is 10.7 Å². The van der Waals surface area contributed by atoms with E-state index in [9.17, 15) is 0 Å². The third kappa shape index (κ3) is 3.49. The molecule has 0 unspecified atom stereocenters. The van der Waals surface area contributed by atoms with Crippen LogP contribution in [0, 0.1) is 0 Å². The molecule has 2 nitrogen and oxygen atoms in total. The number of benzene rings is 1. The second-order valence-electron chi connectivity index (χ2n) is 4.93. The Kier molecular flexibility index (Phi) is 5.70. The van der Waals surface area contributed by atoms with E-state index in [1.165, 1.54) is 0 Å². The van der Waals surface area contributed by atoms with Gasteiger partial charge in [0.15, 0.2) is 0 Å². The summed E-state index contributed by atoms with van der Waals surface area (Å²) in [7, 11) is 0. The van der Waals surface area contributed by atoms with Gasteiger partial charge in [-0.05, 0) is 32.1 Å². The number of aromatic nitrogens is 2. The molecule has 116 valence electrons. The molecule has 0 radical (unpaired) electrons. The van der Waals surface area contributed by atoms with Crippen LogP contribution in [0.5, 0.6) is 0 Å². The van der Waals surface area contributed by atoms with E-state index in [4.69, 9.17) is 4.98 Å². The predicted molar refractivity (Wildman–Crippen MR) is 101 cm³/mol. The molecule has 0 N–H and O–H groups in total. The Morgan fingerprint density at radius 2 is 1.83 bits per heavy atom. The molecule has 0 atom stereocenters. The van der Waals surface area contributed by atoms with Gasteiger partial charge in [0.25, 0.3) is 0 Å². The van der Waals surface area contributed by atoms with Crippen molar-refractivity contribution in [2.45, 2.75) is 13.8 Å². The average molecular weight is 302 g/mol. The minimum Gasteiger partial charge on any atom is -0.292 e. The van der Waals surface area contributed by atoms with Crippen LogP contribution in [0.4, 0.5) is 0 Å². The number of hydrogen-bond donors (Lipinski definition) is 0. The molecule has 2 aromatic rings. The van der Waals surface area contributed by atoms with Gasteiger partial charge in [0.1, 0.15) is 5.82 Å². The van der Waals surface area contributed by atoms with E-state index < -0.39 is 0 Å². The Labute approximate surface area is 137 Å². The van der Waals surface area contributed by atoms with E-state index in [1.54, 1.807) is 12.2 Å². The summed E-state index contributed by atoms with van der Waals surface area (Å²) in [5.41, 5.74) is 2.08. The average Bonchev–Trinajstić information content (AvgIpc) is 2.94. The standard InChI is InChI=1S/C21H22N2/c1-5-12-18(13-6-2)23-20(14-7-3)19(8-4)22-21(23)17-15-10-9-11-16-17/h5-16H,1,3H2,2,4H3/b13-6-,18-12+,19-8+,20-14+. The summed E-state index contributed by atoms with van der Waals surface area (Å²) in [6.07, 6.45) is 13.6. The quantitative estimate of drug-likeness (QED) is 0.765. The summed E-state index contributed by atoms with van der Waals surface area (Å²) in [6.45, 7) is 11.7. The molecule has 2 rings (SSSR count). The Morgan fingerprint density at radius 3 is 2.39 bits per heavy atom. The van der Waals surface area contributed by atoms with Crippen LogP contribution in [0.1, 0.15) is 13.8 Å². The molecule has 1 aromatic carbocycles. The number of rotatable bonds is 5. The lowest BCUT2D eigenvalue weighted by atomic mass is 10.2. The van der Waals surface area contributed by atoms with Crippen molar-refractivity contribution in [2.24, 2.45) is 0 Å². The van der Waals surface area contributed by atoms with Gasteiger partial charge in [-0.15, -0.1) is 0 Å². The van der Waals surface area contributed by atoms with Gasteiger partial charge in [-0.1, -0.05) is 67.8 Å². The Morgan fingerprint density at radius 1 is 1.09 bits per heavy atom. The fraction of sp³-hybridized carbons (Fsp3) is 0.0952. The summed E-state index contributed by atoms with van der Waals surface area (Å²) >= 11 is 0. The third-order valence-corrected chi connectivity index (χ3v) is 3.41. The molecule has 0 fully saturated rings. The molecule has 0 amide bonds. The van der Waals surface area contributed by atoms with Crippen molar-refractivity contribution in [2.75, 3.05) is 0 Å². The van der Waals surface area contributed by atoms with E-state index in [0.29, 0.717) is 0 Å². The van der Waals surface area contributed by atoms with Crippen molar-refractivity contribution in [3.05, 3.63) is 84.6 Å². The lowest BCUT2D eigenvalue weighted by Gasteiger charge is -2.09. The van der Waals surface area contributed by atoms with Crippen molar-refractivity contribution in [3.63, 3.8) is 0 Å². The van der Waals surface area contributed by atoms with Crippen molar-refractivity contribution in [1.82, 2.24) is 9.55 Å². The fourth-order valence-corrected chi connectivity index (χ4v) is 2.47. The Hall–Kier alpha value is -2.87. The van der Waals surface area contributed by atoms with Crippen molar-refractivity contribution < 1.29 is 0 Å². The van der Waals surface area contributed by atoms with Crippen LogP contribution in [-0.4, -0.2) is 9.55 Å². The van der Waals surface area contributed by atoms with Crippen molar-refractivity contribution in [3.8, 4) is 11.4 Å². The van der Waals surface area contributed by atoms with Crippen molar-refractivity contribution in [1.29, 1.82) is 0 Å². The first-order valence-electron chi connectivity index (χ1n) is 7.65. The first-order chi connectivity index (χ1) is 11.3. The minimum absolute atomic E-state index is 0.901. The van der Waals surface area contributed by atoms with Crippen molar-refractivity contribution >= 4 is 17.8 Å². The molecule has 23 heavy (non-hydrogen) atoms. The molecular weight excluding hydrogens is 280 g/mol. The van der Waals surface area contributed by atoms with Crippen LogP contribution in [0.2, 0.25) is 0 Å². The monoisotopic (exact) mass is 302 g/mol. The second-order valence-corrected chi connectivity index (χ2v) is 4.93. The minimum atomic E-state index is 0.901. The van der Waals surface area contributed by atoms with E-state index in [0.717, 1.165) is 27.8 Å². The lowest BCUT2D eigenvalue weighted by molar-refractivity contribution is 1.07. The van der Waals surface area contributed by atoms with Gasteiger partial charge in [0, 0.05) is 11.3 Å². The van der Waals surface area contributed by atoms with Gasteiger partial charge in [-0.2, -0.15) is 0 Å². The first-order valence-corrected chi connectivity index (χ1v) is 7.65. The zero-order chi connectivity index (χ0) is 16.7. The molecule has 0 bridgehead atoms. The molecule has 0 aliphatic carbocycles. The van der Waals surface area contributed by atoms with Gasteiger partial charge < -0.3 is 0 Å². The largest absolute Gasteiger partial charge is 0.292 e. The predicted octanol–water partition coefficient (Wildman–Crippen LogP) is 3.92. The van der Waals surface area contributed by atoms with Gasteiger partial charge in [-0.25, -0.2) is 4.98 Å². The van der Waals surface area contributed by atoms with Crippen LogP contribution in [0.3, 0.4) is 0 Å². The molecule has 1 aromatic heterocycles. The Balaban J connectivity index is 2.94. The van der Waals surface area contributed by atoms with Gasteiger partial charge in [0.2, 0.25) is 0 Å². The van der Waals surface area contributed by atoms with Gasteiger partial charge >= 0.3 is 0 Å². The summed E-state index contributed by atoms with van der Waals surface area (Å²) in [6, 6.07) is 10.2. The van der Waals surface area contributed by atoms with Gasteiger partial charge in [-0.3, -0.25) is 4.57 Å². The Bertz CT molecular complexity index is 863. The number of imidazole rings is 1. The number of allylic oxidation sites excluding steroid dienone is 6. The normalized spacial score (nSPS) is 13.7. The van der Waals surface area contributed by atoms with Crippen LogP contribution in [0.25, 0.3) is 29.2 Å². The second kappa shape index (κ2) is 7.95. The van der Waals surface area contributed by atoms with E-state index >= 15 is 0 Å². The topological polar surface area (TPSA) is 17.8 Å². The summed E-state index contributed by atoms with van der Waals surface area (Å²) < 4.78 is 2.13. The molecule has 0 saturated heterocycles. The molecular formula is C21H22N2. The highest BCUT2D eigenvalue weighted by Gasteiger charge is 2.11. The molecule has 0 aliphatic rings. The maximum atomic E-state index is 4.82. The summed E-state index contributed by atoms with van der Waals surface area (Å²) in [5, 5.41) is 1.94. The number of hydrogen-bond acceptors (Lipinski definition) is 1. The zero-order valence-corrected chi connectivity index (χ0v) is 13.7. The van der Waals surface area contributed by atoms with Crippen LogP contribution >= 0.6 is 0 Å². The van der Waals surface area contributed by atoms with Crippen LogP contribution in [0.15, 0.2) is 73.9 Å². The summed E-state index contributed by atoms with van der Waals surface area (Å²) in [5.74, 6) is 0.901. The highest BCUT2D eigenvalue weighted by Crippen LogP contribution is 2.18.